The third-order valence-electron chi connectivity index (χ3n) is 6.81. The highest BCUT2D eigenvalue weighted by Crippen LogP contribution is 2.50. The van der Waals surface area contributed by atoms with Gasteiger partial charge in [-0.25, -0.2) is 0 Å². The number of rotatable bonds is 12. The topological polar surface area (TPSA) is 135 Å². The molecule has 1 saturated heterocycles. The second-order valence-corrected chi connectivity index (χ2v) is 12.5. The van der Waals surface area contributed by atoms with Gasteiger partial charge in [-0.2, -0.15) is 5.10 Å². The number of benzene rings is 2. The first kappa shape index (κ1) is 30.2. The summed E-state index contributed by atoms with van der Waals surface area (Å²) >= 11 is 6.21. The summed E-state index contributed by atoms with van der Waals surface area (Å²) in [6.07, 6.45) is 2.82. The fraction of sp³-hybridized carbons (Fsp3) is 0.429. The number of aromatic nitrogens is 2. The molecule has 0 bridgehead atoms. The molecule has 6 N–H and O–H groups in total. The number of nitrogens with zero attached hydrogens (tertiary/aromatic N) is 3. The van der Waals surface area contributed by atoms with Gasteiger partial charge in [-0.1, -0.05) is 41.9 Å². The molecule has 1 aromatic heterocycles. The van der Waals surface area contributed by atoms with Crippen LogP contribution in [-0.4, -0.2) is 67.4 Å². The molecular formula is C28H39ClN6O4S. The van der Waals surface area contributed by atoms with E-state index >= 15 is 0 Å². The summed E-state index contributed by atoms with van der Waals surface area (Å²) in [6, 6.07) is 14.3. The highest BCUT2D eigenvalue weighted by atomic mass is 35.5. The molecule has 12 heteroatoms. The van der Waals surface area contributed by atoms with Crippen molar-refractivity contribution in [2.45, 2.75) is 44.9 Å². The van der Waals surface area contributed by atoms with Gasteiger partial charge < -0.3 is 21.1 Å². The van der Waals surface area contributed by atoms with Crippen molar-refractivity contribution in [3.63, 3.8) is 0 Å². The van der Waals surface area contributed by atoms with Crippen LogP contribution >= 0.6 is 22.4 Å². The van der Waals surface area contributed by atoms with E-state index in [1.807, 2.05) is 43.3 Å². The maximum atomic E-state index is 13.6. The Kier molecular flexibility index (Phi) is 10.3. The van der Waals surface area contributed by atoms with Crippen molar-refractivity contribution in [3.05, 3.63) is 76.6 Å². The van der Waals surface area contributed by atoms with E-state index in [2.05, 4.69) is 21.0 Å². The minimum absolute atomic E-state index is 0.210. The standard InChI is InChI=1S/C28H39ClN6O4S/c1-3-31-22-14-21(15-23(16-22)35-11-7-8-12-40(35,38)39)28(37)32-25(13-20-9-5-4-6-10-20)27(36)18-30-17-26-24(29)19-34(2)33-26/h4-6,9-10,14-16,19,25,27,30-31,36,38-39H,3,7-8,11-13,17-18H2,1-2H3,(H,32,37)/t25-,27-/m0/s1. The van der Waals surface area contributed by atoms with E-state index in [4.69, 9.17) is 11.6 Å². The Hall–Kier alpha value is -2.80. The predicted octanol–water partition coefficient (Wildman–Crippen LogP) is 4.26. The molecule has 2 atom stereocenters. The van der Waals surface area contributed by atoms with Crippen LogP contribution in [-0.2, 0) is 20.0 Å². The molecule has 1 aliphatic heterocycles. The number of carbonyl (C=O) groups is 1. The van der Waals surface area contributed by atoms with Crippen LogP contribution in [0.25, 0.3) is 0 Å². The van der Waals surface area contributed by atoms with Crippen LogP contribution in [0.2, 0.25) is 5.02 Å². The van der Waals surface area contributed by atoms with E-state index in [0.717, 1.165) is 18.4 Å². The molecule has 3 aromatic rings. The quantitative estimate of drug-likeness (QED) is 0.184. The van der Waals surface area contributed by atoms with E-state index in [9.17, 15) is 19.0 Å². The van der Waals surface area contributed by atoms with Gasteiger partial charge >= 0.3 is 0 Å². The maximum absolute atomic E-state index is 13.6. The molecule has 0 aliphatic carbocycles. The smallest absolute Gasteiger partial charge is 0.251 e. The number of aliphatic hydroxyl groups excluding tert-OH is 1. The Balaban J connectivity index is 1.53. The van der Waals surface area contributed by atoms with Crippen LogP contribution in [0.1, 0.15) is 41.4 Å². The molecule has 0 unspecified atom stereocenters. The lowest BCUT2D eigenvalue weighted by Crippen LogP contribution is -2.48. The molecule has 1 aliphatic rings. The van der Waals surface area contributed by atoms with Crippen molar-refractivity contribution in [1.29, 1.82) is 0 Å². The number of carbonyl (C=O) groups excluding carboxylic acids is 1. The predicted molar refractivity (Wildman–Crippen MR) is 162 cm³/mol. The Labute approximate surface area is 242 Å². The summed E-state index contributed by atoms with van der Waals surface area (Å²) in [4.78, 5) is 13.6. The van der Waals surface area contributed by atoms with Gasteiger partial charge in [-0.05, 0) is 49.9 Å². The fourth-order valence-corrected chi connectivity index (χ4v) is 6.73. The van der Waals surface area contributed by atoms with Crippen LogP contribution in [0.5, 0.6) is 0 Å². The van der Waals surface area contributed by atoms with Crippen LogP contribution < -0.4 is 20.3 Å². The average Bonchev–Trinajstić information content (AvgIpc) is 3.24. The second-order valence-electron chi connectivity index (χ2n) is 10.0. The van der Waals surface area contributed by atoms with Gasteiger partial charge in [-0.15, -0.1) is 10.8 Å². The molecule has 0 radical (unpaired) electrons. The van der Waals surface area contributed by atoms with Crippen LogP contribution in [0, 0.1) is 0 Å². The Bertz CT molecular complexity index is 1270. The SMILES string of the molecule is CCNc1cc(C(=O)N[C@@H](Cc2ccccc2)[C@@H](O)CNCc2nn(C)cc2Cl)cc(N2CCCCS2(O)O)c1. The van der Waals surface area contributed by atoms with E-state index < -0.39 is 22.9 Å². The number of halogens is 1. The third kappa shape index (κ3) is 7.90. The number of hydrogen-bond donors (Lipinski definition) is 6. The van der Waals surface area contributed by atoms with Crippen molar-refractivity contribution in [1.82, 2.24) is 20.4 Å². The molecule has 2 heterocycles. The lowest BCUT2D eigenvalue weighted by atomic mass is 10.00. The van der Waals surface area contributed by atoms with Gasteiger partial charge in [-0.3, -0.25) is 22.9 Å². The van der Waals surface area contributed by atoms with Crippen molar-refractivity contribution in [2.24, 2.45) is 7.05 Å². The molecule has 10 nitrogen and oxygen atoms in total. The zero-order chi connectivity index (χ0) is 28.7. The lowest BCUT2D eigenvalue weighted by Gasteiger charge is -2.47. The summed E-state index contributed by atoms with van der Waals surface area (Å²) in [7, 11) is -1.16. The number of amides is 1. The summed E-state index contributed by atoms with van der Waals surface area (Å²) in [5.41, 5.74) is 3.31. The van der Waals surface area contributed by atoms with Gasteiger partial charge in [0, 0.05) is 50.7 Å². The van der Waals surface area contributed by atoms with E-state index in [1.165, 1.54) is 0 Å². The van der Waals surface area contributed by atoms with E-state index in [0.29, 0.717) is 59.5 Å². The van der Waals surface area contributed by atoms with Gasteiger partial charge in [0.2, 0.25) is 0 Å². The number of aliphatic hydroxyl groups is 1. The Morgan fingerprint density at radius 1 is 1.18 bits per heavy atom. The molecule has 1 fully saturated rings. The Morgan fingerprint density at radius 2 is 1.95 bits per heavy atom. The monoisotopic (exact) mass is 590 g/mol. The highest BCUT2D eigenvalue weighted by molar-refractivity contribution is 8.25. The first-order valence-electron chi connectivity index (χ1n) is 13.5. The molecule has 4 rings (SSSR count). The Morgan fingerprint density at radius 3 is 2.62 bits per heavy atom. The first-order valence-corrected chi connectivity index (χ1v) is 15.6. The van der Waals surface area contributed by atoms with Crippen LogP contribution in [0.15, 0.2) is 54.7 Å². The van der Waals surface area contributed by atoms with Crippen molar-refractivity contribution in [3.8, 4) is 0 Å². The molecule has 2 aromatic carbocycles. The number of aryl methyl sites for hydroxylation is 1. The summed E-state index contributed by atoms with van der Waals surface area (Å²) in [5, 5.41) is 25.5. The van der Waals surface area contributed by atoms with Crippen LogP contribution in [0.4, 0.5) is 11.4 Å². The molecule has 218 valence electrons. The van der Waals surface area contributed by atoms with Gasteiger partial charge in [0.15, 0.2) is 0 Å². The average molecular weight is 591 g/mol. The maximum Gasteiger partial charge on any atom is 0.251 e. The van der Waals surface area contributed by atoms with Gasteiger partial charge in [0.1, 0.15) is 0 Å². The molecule has 40 heavy (non-hydrogen) atoms. The van der Waals surface area contributed by atoms with Crippen molar-refractivity contribution < 1.29 is 19.0 Å². The normalized spacial score (nSPS) is 17.2. The molecule has 0 saturated carbocycles. The zero-order valence-electron chi connectivity index (χ0n) is 22.9. The van der Waals surface area contributed by atoms with E-state index in [1.54, 1.807) is 34.4 Å². The second kappa shape index (κ2) is 13.7. The zero-order valence-corrected chi connectivity index (χ0v) is 24.5. The minimum atomic E-state index is -2.95. The third-order valence-corrected chi connectivity index (χ3v) is 9.06. The number of hydrogen-bond acceptors (Lipinski definition) is 8. The van der Waals surface area contributed by atoms with Gasteiger partial charge in [0.05, 0.1) is 34.3 Å². The molecule has 1 amide bonds. The number of nitrogens with one attached hydrogen (secondary N) is 3. The summed E-state index contributed by atoms with van der Waals surface area (Å²) in [6.45, 7) is 3.68. The van der Waals surface area contributed by atoms with Gasteiger partial charge in [0.25, 0.3) is 5.91 Å². The minimum Gasteiger partial charge on any atom is -0.390 e. The largest absolute Gasteiger partial charge is 0.390 e. The molecule has 0 spiro atoms. The van der Waals surface area contributed by atoms with Crippen molar-refractivity contribution in [2.75, 3.05) is 35.0 Å². The van der Waals surface area contributed by atoms with Crippen LogP contribution in [0.3, 0.4) is 0 Å². The van der Waals surface area contributed by atoms with E-state index in [-0.39, 0.29) is 12.5 Å². The first-order chi connectivity index (χ1) is 19.2. The van der Waals surface area contributed by atoms with Crippen molar-refractivity contribution >= 4 is 39.7 Å². The molecular weight excluding hydrogens is 552 g/mol. The lowest BCUT2D eigenvalue weighted by molar-refractivity contribution is 0.0829. The fourth-order valence-electron chi connectivity index (χ4n) is 4.81. The highest BCUT2D eigenvalue weighted by Gasteiger charge is 2.28. The number of anilines is 2. The summed E-state index contributed by atoms with van der Waals surface area (Å²) in [5.74, 6) is -0.0515. The summed E-state index contributed by atoms with van der Waals surface area (Å²) < 4.78 is 24.6.